The van der Waals surface area contributed by atoms with E-state index in [0.29, 0.717) is 23.5 Å². The van der Waals surface area contributed by atoms with Crippen LogP contribution in [0.2, 0.25) is 0 Å². The molecule has 0 aromatic rings. The monoisotopic (exact) mass is 334 g/mol. The molecule has 4 rings (SSSR count). The van der Waals surface area contributed by atoms with Crippen molar-refractivity contribution >= 4 is 5.78 Å². The number of fused-ring (bicyclic) bond motifs is 5. The summed E-state index contributed by atoms with van der Waals surface area (Å²) in [7, 11) is 0. The number of allylic oxidation sites excluding steroid dienone is 5. The van der Waals surface area contributed by atoms with Crippen LogP contribution >= 0.6 is 0 Å². The second-order valence-electron chi connectivity index (χ2n) is 8.62. The summed E-state index contributed by atoms with van der Waals surface area (Å²) in [6, 6.07) is 0. The Balaban J connectivity index is 1.82. The van der Waals surface area contributed by atoms with Crippen molar-refractivity contribution in [2.45, 2.75) is 52.1 Å². The van der Waals surface area contributed by atoms with Gasteiger partial charge in [-0.05, 0) is 66.9 Å². The van der Waals surface area contributed by atoms with Gasteiger partial charge in [0.2, 0.25) is 5.78 Å². The van der Waals surface area contributed by atoms with Gasteiger partial charge in [-0.2, -0.15) is 0 Å². The lowest BCUT2D eigenvalue weighted by atomic mass is 9.47. The number of aliphatic hydroxyl groups is 1. The van der Waals surface area contributed by atoms with Crippen molar-refractivity contribution in [1.29, 1.82) is 0 Å². The number of hydrogen-bond donors (Lipinski definition) is 1. The van der Waals surface area contributed by atoms with Gasteiger partial charge < -0.3 is 5.11 Å². The standard InChI is InChI=1S/C20H24F2O2/c1-10-8-11-12-4-5-15(23)19(12,2)7-6-13(11)20(3)9-14(21)18(24)17(22)16(10)20/h9,11-13,15,23H,1,4-8H2,2-3H3/t11-,12-,13-,15-,19-,20+/m0/s1. The number of halogens is 2. The first-order chi connectivity index (χ1) is 11.2. The van der Waals surface area contributed by atoms with Crippen molar-refractivity contribution in [2.24, 2.45) is 28.6 Å². The first kappa shape index (κ1) is 16.2. The molecule has 4 aliphatic rings. The Morgan fingerprint density at radius 2 is 1.92 bits per heavy atom. The maximum atomic E-state index is 14.6. The molecule has 0 aromatic carbocycles. The summed E-state index contributed by atoms with van der Waals surface area (Å²) in [6.45, 7) is 8.04. The summed E-state index contributed by atoms with van der Waals surface area (Å²) >= 11 is 0. The molecule has 0 unspecified atom stereocenters. The second-order valence-corrected chi connectivity index (χ2v) is 8.62. The summed E-state index contributed by atoms with van der Waals surface area (Å²) in [5.41, 5.74) is 0.0256. The van der Waals surface area contributed by atoms with Crippen LogP contribution in [0.3, 0.4) is 0 Å². The van der Waals surface area contributed by atoms with Crippen molar-refractivity contribution < 1.29 is 18.7 Å². The van der Waals surface area contributed by atoms with E-state index in [-0.39, 0.29) is 23.4 Å². The average Bonchev–Trinajstić information content (AvgIpc) is 2.80. The summed E-state index contributed by atoms with van der Waals surface area (Å²) in [4.78, 5) is 11.8. The minimum absolute atomic E-state index is 0.0889. The van der Waals surface area contributed by atoms with Crippen LogP contribution in [0.1, 0.15) is 46.0 Å². The lowest BCUT2D eigenvalue weighted by Crippen LogP contribution is -2.51. The van der Waals surface area contributed by atoms with Gasteiger partial charge >= 0.3 is 0 Å². The van der Waals surface area contributed by atoms with Crippen molar-refractivity contribution in [3.8, 4) is 0 Å². The fourth-order valence-electron chi connectivity index (χ4n) is 6.36. The molecule has 3 fully saturated rings. The molecule has 0 spiro atoms. The number of ketones is 1. The third kappa shape index (κ3) is 1.81. The van der Waals surface area contributed by atoms with E-state index < -0.39 is 22.9 Å². The minimum atomic E-state index is -1.14. The number of hydrogen-bond acceptors (Lipinski definition) is 2. The largest absolute Gasteiger partial charge is 0.393 e. The molecule has 0 aromatic heterocycles. The number of carbonyl (C=O) groups excluding carboxylic acids is 1. The zero-order valence-corrected chi connectivity index (χ0v) is 14.2. The molecule has 0 saturated heterocycles. The molecule has 0 bridgehead atoms. The fraction of sp³-hybridized carbons (Fsp3) is 0.650. The van der Waals surface area contributed by atoms with Crippen LogP contribution in [0.25, 0.3) is 0 Å². The molecule has 1 N–H and O–H groups in total. The predicted molar refractivity (Wildman–Crippen MR) is 87.2 cm³/mol. The molecule has 3 saturated carbocycles. The number of aliphatic hydroxyl groups excluding tert-OH is 1. The van der Waals surface area contributed by atoms with Gasteiger partial charge in [0, 0.05) is 11.0 Å². The van der Waals surface area contributed by atoms with E-state index in [4.69, 9.17) is 0 Å². The average molecular weight is 334 g/mol. The first-order valence-electron chi connectivity index (χ1n) is 8.89. The summed E-state index contributed by atoms with van der Waals surface area (Å²) in [5.74, 6) is -2.39. The van der Waals surface area contributed by atoms with E-state index in [2.05, 4.69) is 13.5 Å². The SMILES string of the molecule is C=C1C[C@H]2[C@@H]3CC[C@H](O)[C@@]3(C)CC[C@@H]2[C@@]2(C)C=C(F)C(=O)C(F)=C12. The molecule has 0 aliphatic heterocycles. The van der Waals surface area contributed by atoms with Crippen LogP contribution < -0.4 is 0 Å². The fourth-order valence-corrected chi connectivity index (χ4v) is 6.36. The zero-order valence-electron chi connectivity index (χ0n) is 14.2. The van der Waals surface area contributed by atoms with Crippen LogP contribution in [-0.2, 0) is 4.79 Å². The molecule has 4 aliphatic carbocycles. The Kier molecular flexibility index (Phi) is 3.29. The minimum Gasteiger partial charge on any atom is -0.393 e. The Morgan fingerprint density at radius 3 is 2.62 bits per heavy atom. The summed E-state index contributed by atoms with van der Waals surface area (Å²) in [6.07, 6.45) is 5.11. The Hall–Kier alpha value is -1.29. The van der Waals surface area contributed by atoms with Crippen LogP contribution in [0.4, 0.5) is 8.78 Å². The lowest BCUT2D eigenvalue weighted by molar-refractivity contribution is -0.115. The van der Waals surface area contributed by atoms with E-state index in [0.717, 1.165) is 25.7 Å². The third-order valence-electron chi connectivity index (χ3n) is 7.59. The summed E-state index contributed by atoms with van der Waals surface area (Å²) in [5, 5.41) is 10.4. The van der Waals surface area contributed by atoms with E-state index in [1.165, 1.54) is 6.08 Å². The summed E-state index contributed by atoms with van der Waals surface area (Å²) < 4.78 is 28.7. The third-order valence-corrected chi connectivity index (χ3v) is 7.59. The van der Waals surface area contributed by atoms with Crippen molar-refractivity contribution in [3.05, 3.63) is 35.5 Å². The molecule has 24 heavy (non-hydrogen) atoms. The van der Waals surface area contributed by atoms with Gasteiger partial charge in [-0.15, -0.1) is 0 Å². The molecule has 4 heteroatoms. The molecule has 6 atom stereocenters. The number of rotatable bonds is 0. The first-order valence-corrected chi connectivity index (χ1v) is 8.89. The van der Waals surface area contributed by atoms with Gasteiger partial charge in [-0.3, -0.25) is 4.79 Å². The Bertz CT molecular complexity index is 706. The van der Waals surface area contributed by atoms with Gasteiger partial charge in [-0.25, -0.2) is 8.78 Å². The molecule has 0 amide bonds. The topological polar surface area (TPSA) is 37.3 Å². The van der Waals surface area contributed by atoms with Crippen molar-refractivity contribution in [2.75, 3.05) is 0 Å². The molecule has 2 nitrogen and oxygen atoms in total. The predicted octanol–water partition coefficient (Wildman–Crippen LogP) is 4.42. The molecule has 130 valence electrons. The van der Waals surface area contributed by atoms with Crippen LogP contribution in [0.5, 0.6) is 0 Å². The Morgan fingerprint density at radius 1 is 1.21 bits per heavy atom. The Labute approximate surface area is 141 Å². The van der Waals surface area contributed by atoms with E-state index in [9.17, 15) is 18.7 Å². The van der Waals surface area contributed by atoms with Gasteiger partial charge in [-0.1, -0.05) is 20.4 Å². The van der Waals surface area contributed by atoms with E-state index in [1.807, 2.05) is 6.92 Å². The van der Waals surface area contributed by atoms with Crippen LogP contribution in [0.15, 0.2) is 35.5 Å². The lowest BCUT2D eigenvalue weighted by Gasteiger charge is -2.56. The van der Waals surface area contributed by atoms with Crippen LogP contribution in [0, 0.1) is 28.6 Å². The van der Waals surface area contributed by atoms with Gasteiger partial charge in [0.25, 0.3) is 0 Å². The zero-order chi connectivity index (χ0) is 17.4. The number of carbonyl (C=O) groups is 1. The van der Waals surface area contributed by atoms with Gasteiger partial charge in [0.1, 0.15) is 0 Å². The highest BCUT2D eigenvalue weighted by Crippen LogP contribution is 2.66. The second kappa shape index (κ2) is 4.87. The van der Waals surface area contributed by atoms with Crippen LogP contribution in [-0.4, -0.2) is 17.0 Å². The van der Waals surface area contributed by atoms with Gasteiger partial charge in [0.15, 0.2) is 11.7 Å². The quantitative estimate of drug-likeness (QED) is 0.712. The highest BCUT2D eigenvalue weighted by Gasteiger charge is 2.60. The van der Waals surface area contributed by atoms with Crippen molar-refractivity contribution in [1.82, 2.24) is 0 Å². The molecular formula is C20H24F2O2. The highest BCUT2D eigenvalue weighted by atomic mass is 19.1. The van der Waals surface area contributed by atoms with Gasteiger partial charge in [0.05, 0.1) is 6.10 Å². The number of Topliss-reactive ketones (excluding diaryl/α,β-unsaturated/α-hetero) is 1. The smallest absolute Gasteiger partial charge is 0.249 e. The molecule has 0 heterocycles. The maximum Gasteiger partial charge on any atom is 0.249 e. The molecular weight excluding hydrogens is 310 g/mol. The van der Waals surface area contributed by atoms with E-state index >= 15 is 0 Å². The maximum absolute atomic E-state index is 14.6. The highest BCUT2D eigenvalue weighted by molar-refractivity contribution is 6.07. The normalized spacial score (nSPS) is 48.0. The molecule has 0 radical (unpaired) electrons. The van der Waals surface area contributed by atoms with Crippen molar-refractivity contribution in [3.63, 3.8) is 0 Å². The van der Waals surface area contributed by atoms with E-state index in [1.54, 1.807) is 0 Å².